The maximum absolute atomic E-state index is 13.3. The molecule has 29 heavy (non-hydrogen) atoms. The van der Waals surface area contributed by atoms with E-state index in [1.54, 1.807) is 36.4 Å². The van der Waals surface area contributed by atoms with Crippen molar-refractivity contribution in [1.29, 1.82) is 0 Å². The van der Waals surface area contributed by atoms with E-state index in [0.29, 0.717) is 26.9 Å². The molecule has 0 saturated carbocycles. The smallest absolute Gasteiger partial charge is 0.341 e. The van der Waals surface area contributed by atoms with Gasteiger partial charge in [0.05, 0.1) is 12.1 Å². The van der Waals surface area contributed by atoms with E-state index in [1.807, 2.05) is 6.92 Å². The monoisotopic (exact) mass is 433 g/mol. The van der Waals surface area contributed by atoms with Gasteiger partial charge in [-0.15, -0.1) is 11.3 Å². The van der Waals surface area contributed by atoms with Gasteiger partial charge in [-0.1, -0.05) is 35.9 Å². The van der Waals surface area contributed by atoms with E-state index in [-0.39, 0.29) is 18.0 Å². The molecule has 1 N–H and O–H groups in total. The minimum absolute atomic E-state index is 0.215. The maximum Gasteiger partial charge on any atom is 0.341 e. The molecule has 8 heteroatoms. The van der Waals surface area contributed by atoms with Crippen molar-refractivity contribution in [3.63, 3.8) is 0 Å². The van der Waals surface area contributed by atoms with E-state index in [1.165, 1.54) is 30.6 Å². The fourth-order valence-corrected chi connectivity index (χ4v) is 4.03. The molecule has 1 aromatic heterocycles. The van der Waals surface area contributed by atoms with Crippen LogP contribution in [-0.4, -0.2) is 25.6 Å². The second kappa shape index (κ2) is 9.07. The number of thiophene rings is 1. The predicted molar refractivity (Wildman–Crippen MR) is 111 cm³/mol. The number of hydrogen-bond donors (Lipinski definition) is 1. The Morgan fingerprint density at radius 3 is 2.48 bits per heavy atom. The summed E-state index contributed by atoms with van der Waals surface area (Å²) in [4.78, 5) is 25.6. The van der Waals surface area contributed by atoms with Crippen LogP contribution in [0.15, 0.2) is 48.5 Å². The molecule has 0 fully saturated rings. The van der Waals surface area contributed by atoms with E-state index in [2.05, 4.69) is 5.32 Å². The Morgan fingerprint density at radius 1 is 1.14 bits per heavy atom. The van der Waals surface area contributed by atoms with Crippen LogP contribution in [0.1, 0.15) is 15.2 Å². The van der Waals surface area contributed by atoms with Gasteiger partial charge in [-0.25, -0.2) is 9.18 Å². The van der Waals surface area contributed by atoms with Crippen LogP contribution in [-0.2, 0) is 9.53 Å². The maximum atomic E-state index is 13.3. The minimum Gasteiger partial charge on any atom is -0.482 e. The zero-order valence-corrected chi connectivity index (χ0v) is 17.2. The number of halogens is 2. The van der Waals surface area contributed by atoms with E-state index >= 15 is 0 Å². The van der Waals surface area contributed by atoms with Gasteiger partial charge in [-0.3, -0.25) is 4.79 Å². The Balaban J connectivity index is 1.86. The van der Waals surface area contributed by atoms with Gasteiger partial charge in [0.2, 0.25) is 0 Å². The first kappa shape index (κ1) is 20.8. The molecule has 3 rings (SSSR count). The lowest BCUT2D eigenvalue weighted by molar-refractivity contribution is -0.118. The second-order valence-corrected chi connectivity index (χ2v) is 7.64. The molecule has 0 spiro atoms. The molecule has 1 amide bonds. The van der Waals surface area contributed by atoms with Crippen molar-refractivity contribution in [3.05, 3.63) is 69.8 Å². The molecule has 0 aliphatic heterocycles. The summed E-state index contributed by atoms with van der Waals surface area (Å²) in [5.41, 5.74) is 1.45. The van der Waals surface area contributed by atoms with Crippen LogP contribution in [0.25, 0.3) is 11.1 Å². The normalized spacial score (nSPS) is 10.5. The van der Waals surface area contributed by atoms with Crippen molar-refractivity contribution in [2.45, 2.75) is 6.92 Å². The van der Waals surface area contributed by atoms with E-state index in [0.717, 1.165) is 4.88 Å². The fraction of sp³-hybridized carbons (Fsp3) is 0.143. The molecule has 0 aliphatic carbocycles. The average Bonchev–Trinajstić information content (AvgIpc) is 3.03. The highest BCUT2D eigenvalue weighted by atomic mass is 35.5. The molecule has 1 heterocycles. The van der Waals surface area contributed by atoms with Gasteiger partial charge in [0.15, 0.2) is 6.61 Å². The van der Waals surface area contributed by atoms with E-state index in [9.17, 15) is 14.0 Å². The van der Waals surface area contributed by atoms with Crippen LogP contribution in [0.5, 0.6) is 5.75 Å². The lowest BCUT2D eigenvalue weighted by Crippen LogP contribution is -2.21. The van der Waals surface area contributed by atoms with Crippen LogP contribution < -0.4 is 10.1 Å². The summed E-state index contributed by atoms with van der Waals surface area (Å²) in [6.07, 6.45) is 0. The molecule has 0 radical (unpaired) electrons. The molecule has 5 nitrogen and oxygen atoms in total. The van der Waals surface area contributed by atoms with Crippen molar-refractivity contribution in [1.82, 2.24) is 0 Å². The van der Waals surface area contributed by atoms with Gasteiger partial charge in [0.25, 0.3) is 5.91 Å². The van der Waals surface area contributed by atoms with Crippen LogP contribution in [0.2, 0.25) is 5.02 Å². The number of anilines is 1. The highest BCUT2D eigenvalue weighted by molar-refractivity contribution is 7.17. The average molecular weight is 434 g/mol. The van der Waals surface area contributed by atoms with Gasteiger partial charge in [0, 0.05) is 10.4 Å². The number of esters is 1. The molecular formula is C21H17ClFNO4S. The summed E-state index contributed by atoms with van der Waals surface area (Å²) in [5, 5.41) is 3.42. The zero-order valence-electron chi connectivity index (χ0n) is 15.6. The quantitative estimate of drug-likeness (QED) is 0.534. The van der Waals surface area contributed by atoms with E-state index in [4.69, 9.17) is 21.1 Å². The third-order valence-electron chi connectivity index (χ3n) is 4.06. The van der Waals surface area contributed by atoms with Crippen LogP contribution >= 0.6 is 22.9 Å². The highest BCUT2D eigenvalue weighted by Crippen LogP contribution is 2.40. The molecule has 0 bridgehead atoms. The third-order valence-corrected chi connectivity index (χ3v) is 5.39. The Labute approximate surface area is 176 Å². The van der Waals surface area contributed by atoms with Crippen molar-refractivity contribution in [2.24, 2.45) is 0 Å². The first-order valence-corrected chi connectivity index (χ1v) is 9.75. The number of rotatable bonds is 6. The third kappa shape index (κ3) is 4.75. The predicted octanol–water partition coefficient (Wildman–Crippen LogP) is 5.32. The SMILES string of the molecule is COC(=O)c1c(NC(=O)COc2ccccc2Cl)sc(C)c1-c1ccc(F)cc1. The molecular weight excluding hydrogens is 417 g/mol. The number of para-hydroxylation sites is 1. The lowest BCUT2D eigenvalue weighted by Gasteiger charge is -2.10. The van der Waals surface area contributed by atoms with Gasteiger partial charge in [0.1, 0.15) is 22.1 Å². The molecule has 3 aromatic rings. The van der Waals surface area contributed by atoms with Crippen LogP contribution in [0.3, 0.4) is 0 Å². The number of carbonyl (C=O) groups excluding carboxylic acids is 2. The number of hydrogen-bond acceptors (Lipinski definition) is 5. The number of carbonyl (C=O) groups is 2. The summed E-state index contributed by atoms with van der Waals surface area (Å²) in [7, 11) is 1.26. The summed E-state index contributed by atoms with van der Waals surface area (Å²) < 4.78 is 23.6. The van der Waals surface area contributed by atoms with Gasteiger partial charge in [-0.05, 0) is 36.8 Å². The number of nitrogens with one attached hydrogen (secondary N) is 1. The van der Waals surface area contributed by atoms with Crippen molar-refractivity contribution in [3.8, 4) is 16.9 Å². The number of aryl methyl sites for hydroxylation is 1. The molecule has 0 atom stereocenters. The van der Waals surface area contributed by atoms with Crippen LogP contribution in [0, 0.1) is 12.7 Å². The number of amides is 1. The second-order valence-electron chi connectivity index (χ2n) is 6.00. The van der Waals surface area contributed by atoms with Gasteiger partial charge in [-0.2, -0.15) is 0 Å². The molecule has 0 saturated heterocycles. The van der Waals surface area contributed by atoms with Crippen LogP contribution in [0.4, 0.5) is 9.39 Å². The largest absolute Gasteiger partial charge is 0.482 e. The number of ether oxygens (including phenoxy) is 2. The Kier molecular flexibility index (Phi) is 6.51. The standard InChI is InChI=1S/C21H17ClFNO4S/c1-12-18(13-7-9-14(23)10-8-13)19(21(26)27-2)20(29-12)24-17(25)11-28-16-6-4-3-5-15(16)22/h3-10H,11H2,1-2H3,(H,24,25). The summed E-state index contributed by atoms with van der Waals surface area (Å²) in [6.45, 7) is 1.53. The number of benzene rings is 2. The topological polar surface area (TPSA) is 64.6 Å². The van der Waals surface area contributed by atoms with Gasteiger partial charge >= 0.3 is 5.97 Å². The Morgan fingerprint density at radius 2 is 1.83 bits per heavy atom. The van der Waals surface area contributed by atoms with Gasteiger partial charge < -0.3 is 14.8 Å². The fourth-order valence-electron chi connectivity index (χ4n) is 2.76. The van der Waals surface area contributed by atoms with Crippen molar-refractivity contribution >= 4 is 39.8 Å². The summed E-state index contributed by atoms with van der Waals surface area (Å²) in [5.74, 6) is -1.06. The molecule has 0 unspecified atom stereocenters. The first-order valence-electron chi connectivity index (χ1n) is 8.55. The van der Waals surface area contributed by atoms with Crippen molar-refractivity contribution in [2.75, 3.05) is 19.0 Å². The summed E-state index contributed by atoms with van der Waals surface area (Å²) in [6, 6.07) is 12.6. The molecule has 0 aliphatic rings. The summed E-state index contributed by atoms with van der Waals surface area (Å²) >= 11 is 7.24. The minimum atomic E-state index is -0.601. The van der Waals surface area contributed by atoms with Crippen molar-refractivity contribution < 1.29 is 23.5 Å². The Bertz CT molecular complexity index is 1050. The number of methoxy groups -OCH3 is 1. The molecule has 150 valence electrons. The molecule has 2 aromatic carbocycles. The Hall–Kier alpha value is -2.90. The van der Waals surface area contributed by atoms with E-state index < -0.39 is 11.9 Å². The lowest BCUT2D eigenvalue weighted by atomic mass is 10.0. The first-order chi connectivity index (χ1) is 13.9. The zero-order chi connectivity index (χ0) is 21.0. The highest BCUT2D eigenvalue weighted by Gasteiger charge is 2.25.